The Balaban J connectivity index is 4.91. The van der Waals surface area contributed by atoms with Crippen LogP contribution in [0.3, 0.4) is 0 Å². The number of carbonyl (C=O) groups excluding carboxylic acids is 1. The third-order valence-corrected chi connectivity index (χ3v) is 3.71. The summed E-state index contributed by atoms with van der Waals surface area (Å²) in [5.41, 5.74) is -6.89. The Morgan fingerprint density at radius 1 is 1.37 bits per heavy atom. The van der Waals surface area contributed by atoms with E-state index in [9.17, 15) is 26.4 Å². The molecular weight excluding hydrogens is 287 g/mol. The maximum absolute atomic E-state index is 12.3. The first-order chi connectivity index (χ1) is 8.34. The van der Waals surface area contributed by atoms with Crippen molar-refractivity contribution in [3.63, 3.8) is 0 Å². The summed E-state index contributed by atoms with van der Waals surface area (Å²) in [4.78, 5) is 11.1. The fraction of sp³-hybridized carbons (Fsp3) is 0.700. The molecule has 0 aromatic carbocycles. The van der Waals surface area contributed by atoms with Gasteiger partial charge >= 0.3 is 21.5 Å². The third kappa shape index (κ3) is 5.19. The molecule has 0 radical (unpaired) electrons. The van der Waals surface area contributed by atoms with Crippen molar-refractivity contribution in [1.82, 2.24) is 4.72 Å². The first-order valence-electron chi connectivity index (χ1n) is 5.27. The van der Waals surface area contributed by atoms with Crippen LogP contribution in [0.1, 0.15) is 27.2 Å². The van der Waals surface area contributed by atoms with Gasteiger partial charge in [0.2, 0.25) is 0 Å². The van der Waals surface area contributed by atoms with Gasteiger partial charge in [-0.25, -0.2) is 13.2 Å². The minimum atomic E-state index is -5.50. The minimum absolute atomic E-state index is 0.00573. The molecule has 112 valence electrons. The molecule has 0 rings (SSSR count). The molecular formula is C10H16F3NO4S. The van der Waals surface area contributed by atoms with Gasteiger partial charge in [0.05, 0.1) is 5.54 Å². The summed E-state index contributed by atoms with van der Waals surface area (Å²) in [6.07, 6.45) is 0.00573. The summed E-state index contributed by atoms with van der Waals surface area (Å²) in [6.45, 7) is 6.82. The van der Waals surface area contributed by atoms with Crippen LogP contribution in [0.4, 0.5) is 13.2 Å². The van der Waals surface area contributed by atoms with Gasteiger partial charge in [-0.3, -0.25) is 0 Å². The highest BCUT2D eigenvalue weighted by atomic mass is 32.2. The van der Waals surface area contributed by atoms with Crippen LogP contribution in [0.2, 0.25) is 0 Å². The number of esters is 1. The molecule has 0 aromatic rings. The van der Waals surface area contributed by atoms with Gasteiger partial charge in [-0.05, 0) is 20.3 Å². The molecule has 1 unspecified atom stereocenters. The summed E-state index contributed by atoms with van der Waals surface area (Å²) < 4.78 is 65.0. The zero-order valence-corrected chi connectivity index (χ0v) is 11.6. The number of rotatable bonds is 6. The Morgan fingerprint density at radius 2 is 1.84 bits per heavy atom. The van der Waals surface area contributed by atoms with Crippen LogP contribution in [-0.4, -0.2) is 32.0 Å². The number of hydrogen-bond acceptors (Lipinski definition) is 4. The zero-order chi connectivity index (χ0) is 15.5. The van der Waals surface area contributed by atoms with E-state index in [2.05, 4.69) is 11.3 Å². The molecule has 0 spiro atoms. The van der Waals surface area contributed by atoms with Crippen LogP contribution in [0.5, 0.6) is 0 Å². The monoisotopic (exact) mass is 303 g/mol. The van der Waals surface area contributed by atoms with Crippen molar-refractivity contribution in [3.05, 3.63) is 12.2 Å². The van der Waals surface area contributed by atoms with Gasteiger partial charge < -0.3 is 4.74 Å². The lowest BCUT2D eigenvalue weighted by Crippen LogP contribution is -2.53. The maximum Gasteiger partial charge on any atom is 0.511 e. The minimum Gasteiger partial charge on any atom is -0.460 e. The second kappa shape index (κ2) is 5.91. The summed E-state index contributed by atoms with van der Waals surface area (Å²) in [6, 6.07) is 0. The number of alkyl halides is 3. The number of carbonyl (C=O) groups is 1. The van der Waals surface area contributed by atoms with Gasteiger partial charge in [0.25, 0.3) is 0 Å². The smallest absolute Gasteiger partial charge is 0.460 e. The standard InChI is InChI=1S/C10H16F3NO4S/c1-5-9(4,6-18-8(15)7(2)3)14-19(16,17)10(11,12)13/h14H,2,5-6H2,1,3-4H3. The van der Waals surface area contributed by atoms with Crippen molar-refractivity contribution in [2.45, 2.75) is 38.2 Å². The molecule has 0 fully saturated rings. The van der Waals surface area contributed by atoms with Crippen LogP contribution < -0.4 is 4.72 Å². The highest BCUT2D eigenvalue weighted by Gasteiger charge is 2.49. The first-order valence-corrected chi connectivity index (χ1v) is 6.76. The normalized spacial score (nSPS) is 15.7. The van der Waals surface area contributed by atoms with Crippen molar-refractivity contribution in [2.24, 2.45) is 0 Å². The van der Waals surface area contributed by atoms with Gasteiger partial charge in [0.1, 0.15) is 6.61 Å². The quantitative estimate of drug-likeness (QED) is 0.599. The second-order valence-corrected chi connectivity index (χ2v) is 6.00. The van der Waals surface area contributed by atoms with E-state index >= 15 is 0 Å². The van der Waals surface area contributed by atoms with E-state index in [4.69, 9.17) is 0 Å². The van der Waals surface area contributed by atoms with Gasteiger partial charge in [-0.15, -0.1) is 0 Å². The molecule has 9 heteroatoms. The lowest BCUT2D eigenvalue weighted by atomic mass is 10.0. The molecule has 0 saturated carbocycles. The number of ether oxygens (including phenoxy) is 1. The largest absolute Gasteiger partial charge is 0.511 e. The average molecular weight is 303 g/mol. The summed E-state index contributed by atoms with van der Waals surface area (Å²) in [5, 5.41) is 0. The van der Waals surface area contributed by atoms with Crippen molar-refractivity contribution in [2.75, 3.05) is 6.61 Å². The molecule has 0 aliphatic carbocycles. The summed E-state index contributed by atoms with van der Waals surface area (Å²) in [7, 11) is -5.50. The molecule has 0 heterocycles. The predicted molar refractivity (Wildman–Crippen MR) is 62.6 cm³/mol. The summed E-state index contributed by atoms with van der Waals surface area (Å²) in [5.74, 6) is -0.800. The van der Waals surface area contributed by atoms with E-state index in [-0.39, 0.29) is 12.0 Å². The molecule has 0 bridgehead atoms. The topological polar surface area (TPSA) is 72.5 Å². The molecule has 0 saturated heterocycles. The molecule has 1 atom stereocenters. The lowest BCUT2D eigenvalue weighted by Gasteiger charge is -2.29. The van der Waals surface area contributed by atoms with E-state index in [0.717, 1.165) is 0 Å². The number of halogens is 3. The van der Waals surface area contributed by atoms with Crippen molar-refractivity contribution >= 4 is 16.0 Å². The van der Waals surface area contributed by atoms with E-state index < -0.39 is 33.6 Å². The maximum atomic E-state index is 12.3. The van der Waals surface area contributed by atoms with Gasteiger partial charge in [-0.1, -0.05) is 13.5 Å². The fourth-order valence-corrected chi connectivity index (χ4v) is 1.90. The zero-order valence-electron chi connectivity index (χ0n) is 10.8. The lowest BCUT2D eigenvalue weighted by molar-refractivity contribution is -0.140. The van der Waals surface area contributed by atoms with Crippen molar-refractivity contribution in [1.29, 1.82) is 0 Å². The molecule has 0 aliphatic rings. The third-order valence-electron chi connectivity index (χ3n) is 2.34. The number of sulfonamides is 1. The van der Waals surface area contributed by atoms with Crippen LogP contribution in [0.25, 0.3) is 0 Å². The van der Waals surface area contributed by atoms with E-state index in [1.807, 2.05) is 0 Å². The van der Waals surface area contributed by atoms with E-state index in [1.54, 1.807) is 0 Å². The molecule has 0 aromatic heterocycles. The fourth-order valence-electron chi connectivity index (χ4n) is 0.934. The SMILES string of the molecule is C=C(C)C(=O)OCC(C)(CC)NS(=O)(=O)C(F)(F)F. The Hall–Kier alpha value is -1.09. The highest BCUT2D eigenvalue weighted by molar-refractivity contribution is 7.90. The van der Waals surface area contributed by atoms with Crippen LogP contribution in [0, 0.1) is 0 Å². The van der Waals surface area contributed by atoms with Crippen LogP contribution in [0.15, 0.2) is 12.2 Å². The van der Waals surface area contributed by atoms with Gasteiger partial charge in [0.15, 0.2) is 0 Å². The van der Waals surface area contributed by atoms with Crippen LogP contribution >= 0.6 is 0 Å². The number of nitrogens with one attached hydrogen (secondary N) is 1. The van der Waals surface area contributed by atoms with Crippen molar-refractivity contribution in [3.8, 4) is 0 Å². The van der Waals surface area contributed by atoms with Crippen LogP contribution in [-0.2, 0) is 19.6 Å². The predicted octanol–water partition coefficient (Wildman–Crippen LogP) is 1.71. The second-order valence-electron chi connectivity index (χ2n) is 4.32. The van der Waals surface area contributed by atoms with Gasteiger partial charge in [-0.2, -0.15) is 17.9 Å². The molecule has 0 aliphatic heterocycles. The Bertz CT molecular complexity index is 458. The first kappa shape index (κ1) is 17.9. The Labute approximate surface area is 109 Å². The van der Waals surface area contributed by atoms with E-state index in [0.29, 0.717) is 0 Å². The molecule has 0 amide bonds. The molecule has 5 nitrogen and oxygen atoms in total. The molecule has 19 heavy (non-hydrogen) atoms. The van der Waals surface area contributed by atoms with Gasteiger partial charge in [0, 0.05) is 5.57 Å². The van der Waals surface area contributed by atoms with Crippen molar-refractivity contribution < 1.29 is 31.1 Å². The summed E-state index contributed by atoms with van der Waals surface area (Å²) >= 11 is 0. The highest BCUT2D eigenvalue weighted by Crippen LogP contribution is 2.25. The Kier molecular flexibility index (Phi) is 5.57. The Morgan fingerprint density at radius 3 is 2.16 bits per heavy atom. The van der Waals surface area contributed by atoms with E-state index in [1.165, 1.54) is 25.5 Å². The average Bonchev–Trinajstić information content (AvgIpc) is 2.23. The molecule has 1 N–H and O–H groups in total. The number of hydrogen-bond donors (Lipinski definition) is 1.